The van der Waals surface area contributed by atoms with Gasteiger partial charge in [-0.05, 0) is 18.9 Å². The Hall–Kier alpha value is -2.02. The number of nitrogens with zero attached hydrogens (tertiary/aromatic N) is 1. The van der Waals surface area contributed by atoms with E-state index in [9.17, 15) is 24.4 Å². The Balaban J connectivity index is 2.09. The molecule has 1 aromatic carbocycles. The minimum absolute atomic E-state index is 0.0370. The second kappa shape index (κ2) is 6.17. The van der Waals surface area contributed by atoms with Gasteiger partial charge in [-0.25, -0.2) is 4.39 Å². The molecule has 2 N–H and O–H groups in total. The molecule has 1 amide bonds. The van der Waals surface area contributed by atoms with Gasteiger partial charge in [0.25, 0.3) is 11.6 Å². The maximum Gasteiger partial charge on any atom is 0.270 e. The van der Waals surface area contributed by atoms with Crippen molar-refractivity contribution in [2.75, 3.05) is 13.2 Å². The molecule has 1 aliphatic rings. The van der Waals surface area contributed by atoms with Gasteiger partial charge in [-0.1, -0.05) is 12.8 Å². The van der Waals surface area contributed by atoms with Crippen LogP contribution in [0, 0.1) is 21.3 Å². The van der Waals surface area contributed by atoms with Gasteiger partial charge in [-0.3, -0.25) is 14.9 Å². The number of amides is 1. The molecule has 0 unspecified atom stereocenters. The van der Waals surface area contributed by atoms with Crippen LogP contribution in [0.15, 0.2) is 18.2 Å². The van der Waals surface area contributed by atoms with E-state index in [0.717, 1.165) is 43.9 Å². The van der Waals surface area contributed by atoms with Crippen LogP contribution in [-0.2, 0) is 0 Å². The Morgan fingerprint density at radius 1 is 1.43 bits per heavy atom. The standard InChI is InChI=1S/C14H17FN2O4/c15-12-4-3-10(17(20)21)7-11(12)13(19)16-8-14(9-18)5-1-2-6-14/h3-4,7,18H,1-2,5-6,8-9H2,(H,16,19). The van der Waals surface area contributed by atoms with Crippen molar-refractivity contribution < 1.29 is 19.2 Å². The van der Waals surface area contributed by atoms with Gasteiger partial charge < -0.3 is 10.4 Å². The van der Waals surface area contributed by atoms with Crippen LogP contribution in [0.4, 0.5) is 10.1 Å². The van der Waals surface area contributed by atoms with Crippen LogP contribution in [0.1, 0.15) is 36.0 Å². The summed E-state index contributed by atoms with van der Waals surface area (Å²) >= 11 is 0. The number of hydrogen-bond donors (Lipinski definition) is 2. The van der Waals surface area contributed by atoms with Crippen LogP contribution in [0.25, 0.3) is 0 Å². The molecular formula is C14H17FN2O4. The fourth-order valence-electron chi connectivity index (χ4n) is 2.68. The van der Waals surface area contributed by atoms with Crippen molar-refractivity contribution in [3.63, 3.8) is 0 Å². The predicted molar refractivity (Wildman–Crippen MR) is 73.4 cm³/mol. The summed E-state index contributed by atoms with van der Waals surface area (Å²) in [6, 6.07) is 2.84. The highest BCUT2D eigenvalue weighted by Crippen LogP contribution is 2.36. The maximum atomic E-state index is 13.6. The van der Waals surface area contributed by atoms with E-state index in [4.69, 9.17) is 0 Å². The fraction of sp³-hybridized carbons (Fsp3) is 0.500. The zero-order chi connectivity index (χ0) is 15.5. The Kier molecular flexibility index (Phi) is 4.52. The van der Waals surface area contributed by atoms with Crippen molar-refractivity contribution in [3.05, 3.63) is 39.7 Å². The second-order valence-corrected chi connectivity index (χ2v) is 5.47. The summed E-state index contributed by atoms with van der Waals surface area (Å²) in [7, 11) is 0. The summed E-state index contributed by atoms with van der Waals surface area (Å²) in [6.45, 7) is 0.204. The molecule has 1 aromatic rings. The summed E-state index contributed by atoms with van der Waals surface area (Å²) in [5.41, 5.74) is -1.04. The van der Waals surface area contributed by atoms with Crippen LogP contribution in [-0.4, -0.2) is 29.1 Å². The first-order valence-corrected chi connectivity index (χ1v) is 6.80. The van der Waals surface area contributed by atoms with E-state index in [1.165, 1.54) is 0 Å². The van der Waals surface area contributed by atoms with Gasteiger partial charge >= 0.3 is 0 Å². The lowest BCUT2D eigenvalue weighted by Crippen LogP contribution is -2.38. The van der Waals surface area contributed by atoms with Crippen molar-refractivity contribution in [2.45, 2.75) is 25.7 Å². The van der Waals surface area contributed by atoms with Gasteiger partial charge in [0.2, 0.25) is 0 Å². The van der Waals surface area contributed by atoms with Crippen LogP contribution in [0.5, 0.6) is 0 Å². The van der Waals surface area contributed by atoms with E-state index >= 15 is 0 Å². The van der Waals surface area contributed by atoms with Crippen LogP contribution in [0.3, 0.4) is 0 Å². The molecule has 0 spiro atoms. The van der Waals surface area contributed by atoms with Gasteiger partial charge in [0, 0.05) is 24.1 Å². The van der Waals surface area contributed by atoms with E-state index in [1.807, 2.05) is 0 Å². The van der Waals surface area contributed by atoms with Crippen molar-refractivity contribution in [1.82, 2.24) is 5.32 Å². The second-order valence-electron chi connectivity index (χ2n) is 5.47. The van der Waals surface area contributed by atoms with Crippen LogP contribution in [0.2, 0.25) is 0 Å². The predicted octanol–water partition coefficient (Wildman–Crippen LogP) is 2.02. The van der Waals surface area contributed by atoms with Crippen molar-refractivity contribution >= 4 is 11.6 Å². The number of rotatable bonds is 5. The van der Waals surface area contributed by atoms with E-state index in [2.05, 4.69) is 5.32 Å². The quantitative estimate of drug-likeness (QED) is 0.642. The normalized spacial score (nSPS) is 16.7. The lowest BCUT2D eigenvalue weighted by atomic mass is 9.87. The summed E-state index contributed by atoms with van der Waals surface area (Å²) in [5, 5.41) is 22.7. The van der Waals surface area contributed by atoms with E-state index in [1.54, 1.807) is 0 Å². The van der Waals surface area contributed by atoms with E-state index < -0.39 is 16.6 Å². The monoisotopic (exact) mass is 296 g/mol. The zero-order valence-corrected chi connectivity index (χ0v) is 11.5. The average molecular weight is 296 g/mol. The molecule has 0 radical (unpaired) electrons. The third-order valence-corrected chi connectivity index (χ3v) is 4.03. The molecule has 2 rings (SSSR count). The molecule has 21 heavy (non-hydrogen) atoms. The summed E-state index contributed by atoms with van der Waals surface area (Å²) < 4.78 is 13.6. The topological polar surface area (TPSA) is 92.5 Å². The number of halogens is 1. The minimum Gasteiger partial charge on any atom is -0.396 e. The van der Waals surface area contributed by atoms with Gasteiger partial charge in [0.05, 0.1) is 17.1 Å². The number of nitrogens with one attached hydrogen (secondary N) is 1. The number of non-ortho nitro benzene ring substituents is 1. The molecule has 1 aliphatic carbocycles. The number of aliphatic hydroxyl groups is 1. The highest BCUT2D eigenvalue weighted by Gasteiger charge is 2.33. The first-order chi connectivity index (χ1) is 9.97. The molecule has 0 saturated heterocycles. The molecule has 0 aliphatic heterocycles. The molecular weight excluding hydrogens is 279 g/mol. The van der Waals surface area contributed by atoms with Gasteiger partial charge in [-0.15, -0.1) is 0 Å². The molecule has 114 valence electrons. The van der Waals surface area contributed by atoms with Crippen molar-refractivity contribution in [3.8, 4) is 0 Å². The maximum absolute atomic E-state index is 13.6. The first-order valence-electron chi connectivity index (χ1n) is 6.80. The first kappa shape index (κ1) is 15.4. The van der Waals surface area contributed by atoms with Crippen molar-refractivity contribution in [2.24, 2.45) is 5.41 Å². The van der Waals surface area contributed by atoms with Gasteiger partial charge in [0.1, 0.15) is 5.82 Å². The highest BCUT2D eigenvalue weighted by atomic mass is 19.1. The lowest BCUT2D eigenvalue weighted by Gasteiger charge is -2.26. The van der Waals surface area contributed by atoms with Gasteiger partial charge in [-0.2, -0.15) is 0 Å². The SMILES string of the molecule is O=C(NCC1(CO)CCCC1)c1cc([N+](=O)[O-])ccc1F. The number of carbonyl (C=O) groups is 1. The molecule has 0 bridgehead atoms. The summed E-state index contributed by atoms with van der Waals surface area (Å²) in [4.78, 5) is 22.0. The molecule has 7 heteroatoms. The van der Waals surface area contributed by atoms with Crippen molar-refractivity contribution in [1.29, 1.82) is 0 Å². The molecule has 1 saturated carbocycles. The van der Waals surface area contributed by atoms with Crippen LogP contribution >= 0.6 is 0 Å². The van der Waals surface area contributed by atoms with E-state index in [0.29, 0.717) is 0 Å². The fourth-order valence-corrected chi connectivity index (χ4v) is 2.68. The Morgan fingerprint density at radius 3 is 2.67 bits per heavy atom. The number of benzene rings is 1. The third kappa shape index (κ3) is 3.36. The summed E-state index contributed by atoms with van der Waals surface area (Å²) in [6.07, 6.45) is 3.59. The Bertz CT molecular complexity index is 556. The molecule has 0 heterocycles. The van der Waals surface area contributed by atoms with Crippen LogP contribution < -0.4 is 5.32 Å². The minimum atomic E-state index is -0.803. The Labute approximate surface area is 121 Å². The van der Waals surface area contributed by atoms with Gasteiger partial charge in [0.15, 0.2) is 0 Å². The molecule has 6 nitrogen and oxygen atoms in total. The number of nitro groups is 1. The molecule has 1 fully saturated rings. The molecule has 0 atom stereocenters. The number of hydrogen-bond acceptors (Lipinski definition) is 4. The Morgan fingerprint density at radius 2 is 2.10 bits per heavy atom. The zero-order valence-electron chi connectivity index (χ0n) is 11.5. The number of nitro benzene ring substituents is 1. The highest BCUT2D eigenvalue weighted by molar-refractivity contribution is 5.95. The van der Waals surface area contributed by atoms with E-state index in [-0.39, 0.29) is 29.8 Å². The smallest absolute Gasteiger partial charge is 0.270 e. The lowest BCUT2D eigenvalue weighted by molar-refractivity contribution is -0.384. The summed E-state index contributed by atoms with van der Waals surface area (Å²) in [5.74, 6) is -1.50. The molecule has 0 aromatic heterocycles. The largest absolute Gasteiger partial charge is 0.396 e. The average Bonchev–Trinajstić information content (AvgIpc) is 2.94. The number of aliphatic hydroxyl groups excluding tert-OH is 1. The number of carbonyl (C=O) groups excluding carboxylic acids is 1. The third-order valence-electron chi connectivity index (χ3n) is 4.03.